The average Bonchev–Trinajstić information content (AvgIpc) is 2.88. The molecular weight excluding hydrogens is 244 g/mol. The van der Waals surface area contributed by atoms with E-state index in [4.69, 9.17) is 15.9 Å². The number of nitrogens with zero attached hydrogens (tertiary/aromatic N) is 4. The predicted molar refractivity (Wildman–Crippen MR) is 71.6 cm³/mol. The number of fused-ring (bicyclic) bond motifs is 1. The molecule has 3 rings (SSSR count). The predicted octanol–water partition coefficient (Wildman–Crippen LogP) is 1.35. The molecule has 94 valence electrons. The molecule has 0 aromatic carbocycles. The minimum absolute atomic E-state index is 0.0754. The standard InChI is InChI=1S/C12H10N6O/c13-10-9-11(18-12(14)17-10)16-7(6-15-9)3-4-8-2-1-5-19-8/h1-6H,(H4,13,14,16,17,18). The van der Waals surface area contributed by atoms with Crippen molar-refractivity contribution in [2.45, 2.75) is 0 Å². The molecule has 0 radical (unpaired) electrons. The molecule has 0 aliphatic carbocycles. The molecule has 3 heterocycles. The van der Waals surface area contributed by atoms with Crippen molar-refractivity contribution in [1.29, 1.82) is 0 Å². The SMILES string of the molecule is Nc1nc(N)c2ncc(C=Cc3ccco3)nc2n1. The first-order chi connectivity index (χ1) is 9.22. The van der Waals surface area contributed by atoms with E-state index in [2.05, 4.69) is 19.9 Å². The number of furan rings is 1. The smallest absolute Gasteiger partial charge is 0.224 e. The molecule has 0 unspecified atom stereocenters. The van der Waals surface area contributed by atoms with E-state index in [0.717, 1.165) is 5.76 Å². The number of hydrogen-bond acceptors (Lipinski definition) is 7. The topological polar surface area (TPSA) is 117 Å². The molecule has 0 amide bonds. The van der Waals surface area contributed by atoms with Crippen LogP contribution in [-0.2, 0) is 0 Å². The van der Waals surface area contributed by atoms with Gasteiger partial charge in [-0.25, -0.2) is 9.97 Å². The summed E-state index contributed by atoms with van der Waals surface area (Å²) < 4.78 is 5.18. The lowest BCUT2D eigenvalue weighted by atomic mass is 10.3. The maximum Gasteiger partial charge on any atom is 0.224 e. The molecule has 7 heteroatoms. The molecule has 0 saturated heterocycles. The number of nitrogens with two attached hydrogens (primary N) is 2. The molecule has 4 N–H and O–H groups in total. The van der Waals surface area contributed by atoms with E-state index in [-0.39, 0.29) is 11.8 Å². The van der Waals surface area contributed by atoms with Crippen LogP contribution < -0.4 is 11.5 Å². The molecule has 0 aliphatic heterocycles. The number of nitrogen functional groups attached to an aromatic ring is 2. The third-order valence-corrected chi connectivity index (χ3v) is 2.43. The number of anilines is 2. The normalized spacial score (nSPS) is 11.4. The molecule has 0 spiro atoms. The monoisotopic (exact) mass is 254 g/mol. The van der Waals surface area contributed by atoms with Gasteiger partial charge in [0.2, 0.25) is 5.95 Å². The highest BCUT2D eigenvalue weighted by Crippen LogP contribution is 2.15. The lowest BCUT2D eigenvalue weighted by Gasteiger charge is -2.01. The summed E-state index contributed by atoms with van der Waals surface area (Å²) in [6.07, 6.45) is 6.72. The summed E-state index contributed by atoms with van der Waals surface area (Å²) in [6, 6.07) is 3.64. The van der Waals surface area contributed by atoms with Crippen LogP contribution in [0.5, 0.6) is 0 Å². The summed E-state index contributed by atoms with van der Waals surface area (Å²) in [5, 5.41) is 0. The minimum Gasteiger partial charge on any atom is -0.465 e. The first-order valence-electron chi connectivity index (χ1n) is 5.50. The fourth-order valence-corrected chi connectivity index (χ4v) is 1.59. The van der Waals surface area contributed by atoms with Crippen molar-refractivity contribution in [2.75, 3.05) is 11.5 Å². The van der Waals surface area contributed by atoms with Crippen molar-refractivity contribution in [2.24, 2.45) is 0 Å². The highest BCUT2D eigenvalue weighted by Gasteiger charge is 2.06. The lowest BCUT2D eigenvalue weighted by molar-refractivity contribution is 0.557. The summed E-state index contributed by atoms with van der Waals surface area (Å²) in [5.74, 6) is 1.02. The Morgan fingerprint density at radius 1 is 1.11 bits per heavy atom. The largest absolute Gasteiger partial charge is 0.465 e. The van der Waals surface area contributed by atoms with Gasteiger partial charge in [0.25, 0.3) is 0 Å². The van der Waals surface area contributed by atoms with Gasteiger partial charge in [-0.2, -0.15) is 9.97 Å². The second-order valence-electron chi connectivity index (χ2n) is 3.78. The van der Waals surface area contributed by atoms with Crippen LogP contribution in [0.4, 0.5) is 11.8 Å². The third-order valence-electron chi connectivity index (χ3n) is 2.43. The van der Waals surface area contributed by atoms with Gasteiger partial charge in [0.05, 0.1) is 18.2 Å². The maximum absolute atomic E-state index is 5.69. The Hall–Kier alpha value is -2.96. The first-order valence-corrected chi connectivity index (χ1v) is 5.50. The zero-order valence-corrected chi connectivity index (χ0v) is 9.82. The molecular formula is C12H10N6O. The van der Waals surface area contributed by atoms with E-state index in [0.29, 0.717) is 16.9 Å². The van der Waals surface area contributed by atoms with E-state index in [9.17, 15) is 0 Å². The summed E-state index contributed by atoms with van der Waals surface area (Å²) in [6.45, 7) is 0. The fourth-order valence-electron chi connectivity index (χ4n) is 1.59. The van der Waals surface area contributed by atoms with Crippen molar-refractivity contribution >= 4 is 35.1 Å². The van der Waals surface area contributed by atoms with Gasteiger partial charge in [0.1, 0.15) is 11.3 Å². The zero-order chi connectivity index (χ0) is 13.2. The summed E-state index contributed by atoms with van der Waals surface area (Å²) in [5.41, 5.74) is 12.6. The third kappa shape index (κ3) is 2.21. The molecule has 19 heavy (non-hydrogen) atoms. The first kappa shape index (κ1) is 11.1. The van der Waals surface area contributed by atoms with E-state index < -0.39 is 0 Å². The van der Waals surface area contributed by atoms with Crippen LogP contribution in [0.2, 0.25) is 0 Å². The van der Waals surface area contributed by atoms with Crippen LogP contribution in [-0.4, -0.2) is 19.9 Å². The van der Waals surface area contributed by atoms with Crippen molar-refractivity contribution < 1.29 is 4.42 Å². The Morgan fingerprint density at radius 3 is 2.79 bits per heavy atom. The Bertz CT molecular complexity index is 750. The summed E-state index contributed by atoms with van der Waals surface area (Å²) in [4.78, 5) is 16.3. The van der Waals surface area contributed by atoms with E-state index in [1.165, 1.54) is 0 Å². The van der Waals surface area contributed by atoms with E-state index in [1.54, 1.807) is 30.7 Å². The van der Waals surface area contributed by atoms with Gasteiger partial charge in [-0.05, 0) is 24.3 Å². The van der Waals surface area contributed by atoms with Gasteiger partial charge in [0.15, 0.2) is 11.5 Å². The molecule has 3 aromatic rings. The molecule has 0 atom stereocenters. The van der Waals surface area contributed by atoms with Crippen LogP contribution in [0.25, 0.3) is 23.3 Å². The minimum atomic E-state index is 0.0754. The molecule has 7 nitrogen and oxygen atoms in total. The molecule has 0 fully saturated rings. The van der Waals surface area contributed by atoms with Crippen molar-refractivity contribution in [3.05, 3.63) is 36.0 Å². The molecule has 0 aliphatic rings. The van der Waals surface area contributed by atoms with Gasteiger partial charge in [0, 0.05) is 0 Å². The van der Waals surface area contributed by atoms with Crippen LogP contribution >= 0.6 is 0 Å². The Balaban J connectivity index is 2.02. The summed E-state index contributed by atoms with van der Waals surface area (Å²) >= 11 is 0. The summed E-state index contributed by atoms with van der Waals surface area (Å²) in [7, 11) is 0. The van der Waals surface area contributed by atoms with Gasteiger partial charge in [-0.15, -0.1) is 0 Å². The van der Waals surface area contributed by atoms with Crippen molar-refractivity contribution in [3.63, 3.8) is 0 Å². The van der Waals surface area contributed by atoms with Crippen LogP contribution in [0.1, 0.15) is 11.5 Å². The number of hydrogen-bond donors (Lipinski definition) is 2. The Kier molecular flexibility index (Phi) is 2.57. The second kappa shape index (κ2) is 4.37. The van der Waals surface area contributed by atoms with Crippen LogP contribution in [0.15, 0.2) is 29.0 Å². The van der Waals surface area contributed by atoms with Gasteiger partial charge >= 0.3 is 0 Å². The molecule has 0 bridgehead atoms. The second-order valence-corrected chi connectivity index (χ2v) is 3.78. The van der Waals surface area contributed by atoms with E-state index >= 15 is 0 Å². The lowest BCUT2D eigenvalue weighted by Crippen LogP contribution is -2.03. The van der Waals surface area contributed by atoms with Crippen molar-refractivity contribution in [1.82, 2.24) is 19.9 Å². The molecule has 3 aromatic heterocycles. The quantitative estimate of drug-likeness (QED) is 0.708. The number of aromatic nitrogens is 4. The van der Waals surface area contributed by atoms with Crippen LogP contribution in [0.3, 0.4) is 0 Å². The van der Waals surface area contributed by atoms with Crippen LogP contribution in [0, 0.1) is 0 Å². The Morgan fingerprint density at radius 2 is 2.00 bits per heavy atom. The van der Waals surface area contributed by atoms with E-state index in [1.807, 2.05) is 6.07 Å². The van der Waals surface area contributed by atoms with Crippen molar-refractivity contribution in [3.8, 4) is 0 Å². The van der Waals surface area contributed by atoms with Gasteiger partial charge in [-0.1, -0.05) is 0 Å². The Labute approximate surface area is 108 Å². The highest BCUT2D eigenvalue weighted by atomic mass is 16.3. The van der Waals surface area contributed by atoms with Gasteiger partial charge < -0.3 is 15.9 Å². The number of rotatable bonds is 2. The van der Waals surface area contributed by atoms with Gasteiger partial charge in [-0.3, -0.25) is 0 Å². The highest BCUT2D eigenvalue weighted by molar-refractivity contribution is 5.82. The fraction of sp³-hybridized carbons (Fsp3) is 0. The zero-order valence-electron chi connectivity index (χ0n) is 9.82. The maximum atomic E-state index is 5.69. The average molecular weight is 254 g/mol. The molecule has 0 saturated carbocycles.